The zero-order valence-corrected chi connectivity index (χ0v) is 20.4. The average Bonchev–Trinajstić information content (AvgIpc) is 2.81. The van der Waals surface area contributed by atoms with Crippen molar-refractivity contribution in [2.45, 2.75) is 11.3 Å². The topological polar surface area (TPSA) is 69.9 Å². The monoisotopic (exact) mass is 504 g/mol. The third-order valence-corrected chi connectivity index (χ3v) is 7.96. The molecule has 174 valence electrons. The Balaban J connectivity index is 1.67. The van der Waals surface area contributed by atoms with Crippen molar-refractivity contribution in [3.05, 3.63) is 88.4 Å². The summed E-state index contributed by atoms with van der Waals surface area (Å²) in [6.07, 6.45) is 0.419. The highest BCUT2D eigenvalue weighted by molar-refractivity contribution is 7.92. The number of benzene rings is 3. The summed E-state index contributed by atoms with van der Waals surface area (Å²) in [5.74, 6) is 0. The first kappa shape index (κ1) is 23.9. The third-order valence-electron chi connectivity index (χ3n) is 5.62. The van der Waals surface area contributed by atoms with E-state index in [0.29, 0.717) is 60.4 Å². The summed E-state index contributed by atoms with van der Waals surface area (Å²) in [4.78, 5) is 2.45. The van der Waals surface area contributed by atoms with E-state index in [1.165, 1.54) is 4.41 Å². The molecule has 3 aromatic carbocycles. The molecule has 0 aliphatic carbocycles. The van der Waals surface area contributed by atoms with E-state index in [1.54, 1.807) is 18.2 Å². The van der Waals surface area contributed by atoms with Crippen molar-refractivity contribution in [2.24, 2.45) is 5.73 Å². The molecule has 0 spiro atoms. The second kappa shape index (κ2) is 10.3. The van der Waals surface area contributed by atoms with E-state index in [0.717, 1.165) is 5.69 Å². The standard InChI is InChI=1S/C24H26Cl2N4O2S/c25-20-6-9-22(10-7-20)28-14-16-29(17-15-28)30(23-4-2-1-3-5-23)33(31,32)24-11-8-21(26)18-19(24)12-13-27/h1-11,18H,12-17,27H2. The number of piperazine rings is 1. The molecule has 4 rings (SSSR count). The van der Waals surface area contributed by atoms with Gasteiger partial charge in [0.05, 0.1) is 10.6 Å². The fourth-order valence-corrected chi connectivity index (χ4v) is 6.15. The molecule has 1 heterocycles. The molecule has 3 aromatic rings. The lowest BCUT2D eigenvalue weighted by Gasteiger charge is -2.42. The van der Waals surface area contributed by atoms with Crippen LogP contribution in [-0.4, -0.2) is 46.2 Å². The van der Waals surface area contributed by atoms with Crippen LogP contribution in [0.3, 0.4) is 0 Å². The molecule has 0 unspecified atom stereocenters. The number of para-hydroxylation sites is 1. The number of nitrogens with two attached hydrogens (primary N) is 1. The number of hydrogen-bond donors (Lipinski definition) is 1. The predicted molar refractivity (Wildman–Crippen MR) is 136 cm³/mol. The number of sulfonamides is 1. The van der Waals surface area contributed by atoms with Crippen LogP contribution in [-0.2, 0) is 16.4 Å². The molecule has 0 saturated carbocycles. The SMILES string of the molecule is NCCc1cc(Cl)ccc1S(=O)(=O)N(c1ccccc1)N1CCN(c2ccc(Cl)cc2)CC1. The molecule has 33 heavy (non-hydrogen) atoms. The molecular weight excluding hydrogens is 479 g/mol. The van der Waals surface area contributed by atoms with Gasteiger partial charge < -0.3 is 10.6 Å². The number of halogens is 2. The second-order valence-electron chi connectivity index (χ2n) is 7.79. The lowest BCUT2D eigenvalue weighted by Crippen LogP contribution is -2.56. The summed E-state index contributed by atoms with van der Waals surface area (Å²) >= 11 is 12.2. The lowest BCUT2D eigenvalue weighted by molar-refractivity contribution is 0.271. The van der Waals surface area contributed by atoms with Crippen molar-refractivity contribution in [1.82, 2.24) is 5.01 Å². The van der Waals surface area contributed by atoms with Crippen LogP contribution in [0.2, 0.25) is 10.0 Å². The molecule has 0 bridgehead atoms. The van der Waals surface area contributed by atoms with E-state index in [9.17, 15) is 8.42 Å². The van der Waals surface area contributed by atoms with Crippen LogP contribution in [0.5, 0.6) is 0 Å². The number of hydrogen-bond acceptors (Lipinski definition) is 5. The molecule has 1 saturated heterocycles. The summed E-state index contributed by atoms with van der Waals surface area (Å²) in [6, 6.07) is 21.7. The summed E-state index contributed by atoms with van der Waals surface area (Å²) in [5.41, 5.74) is 8.03. The molecule has 0 atom stereocenters. The van der Waals surface area contributed by atoms with E-state index in [-0.39, 0.29) is 4.90 Å². The molecule has 0 radical (unpaired) electrons. The molecular formula is C24H26Cl2N4O2S. The number of rotatable bonds is 7. The Labute approximate surface area is 205 Å². The first-order valence-electron chi connectivity index (χ1n) is 10.7. The summed E-state index contributed by atoms with van der Waals surface area (Å²) in [5, 5.41) is 3.06. The van der Waals surface area contributed by atoms with Gasteiger partial charge in [0.1, 0.15) is 0 Å². The van der Waals surface area contributed by atoms with Gasteiger partial charge in [0, 0.05) is 41.9 Å². The van der Waals surface area contributed by atoms with Gasteiger partial charge in [-0.05, 0) is 73.1 Å². The molecule has 1 aliphatic heterocycles. The molecule has 1 aliphatic rings. The van der Waals surface area contributed by atoms with Gasteiger partial charge >= 0.3 is 0 Å². The van der Waals surface area contributed by atoms with E-state index in [1.807, 2.05) is 59.6 Å². The van der Waals surface area contributed by atoms with Gasteiger partial charge in [-0.3, -0.25) is 0 Å². The van der Waals surface area contributed by atoms with Crippen molar-refractivity contribution in [1.29, 1.82) is 0 Å². The molecule has 9 heteroatoms. The van der Waals surface area contributed by atoms with Crippen LogP contribution in [0, 0.1) is 0 Å². The normalized spacial score (nSPS) is 14.9. The zero-order valence-electron chi connectivity index (χ0n) is 18.1. The van der Waals surface area contributed by atoms with Crippen molar-refractivity contribution in [3.63, 3.8) is 0 Å². The Bertz CT molecular complexity index is 1180. The van der Waals surface area contributed by atoms with Gasteiger partial charge in [0.15, 0.2) is 0 Å². The number of nitrogens with zero attached hydrogens (tertiary/aromatic N) is 3. The highest BCUT2D eigenvalue weighted by Gasteiger charge is 2.34. The van der Waals surface area contributed by atoms with Gasteiger partial charge in [-0.15, -0.1) is 0 Å². The van der Waals surface area contributed by atoms with Crippen molar-refractivity contribution < 1.29 is 8.42 Å². The van der Waals surface area contributed by atoms with Crippen LogP contribution >= 0.6 is 23.2 Å². The Morgan fingerprint density at radius 2 is 1.48 bits per heavy atom. The van der Waals surface area contributed by atoms with Crippen molar-refractivity contribution >= 4 is 44.6 Å². The van der Waals surface area contributed by atoms with Crippen molar-refractivity contribution in [3.8, 4) is 0 Å². The maximum atomic E-state index is 14.0. The maximum Gasteiger partial charge on any atom is 0.278 e. The Morgan fingerprint density at radius 1 is 0.848 bits per heavy atom. The Morgan fingerprint density at radius 3 is 2.12 bits per heavy atom. The highest BCUT2D eigenvalue weighted by Crippen LogP contribution is 2.30. The van der Waals surface area contributed by atoms with Gasteiger partial charge in [-0.2, -0.15) is 12.8 Å². The molecule has 2 N–H and O–H groups in total. The summed E-state index contributed by atoms with van der Waals surface area (Å²) in [6.45, 7) is 2.76. The summed E-state index contributed by atoms with van der Waals surface area (Å²) in [7, 11) is -3.90. The minimum Gasteiger partial charge on any atom is -0.369 e. The minimum atomic E-state index is -3.90. The fraction of sp³-hybridized carbons (Fsp3) is 0.250. The van der Waals surface area contributed by atoms with E-state index >= 15 is 0 Å². The second-order valence-corrected chi connectivity index (χ2v) is 10.4. The van der Waals surface area contributed by atoms with Crippen LogP contribution in [0.4, 0.5) is 11.4 Å². The van der Waals surface area contributed by atoms with Crippen LogP contribution in [0.15, 0.2) is 77.7 Å². The first-order chi connectivity index (χ1) is 15.9. The van der Waals surface area contributed by atoms with Gasteiger partial charge in [0.25, 0.3) is 10.0 Å². The van der Waals surface area contributed by atoms with Crippen LogP contribution < -0.4 is 15.0 Å². The Hall–Kier alpha value is -2.29. The average molecular weight is 505 g/mol. The van der Waals surface area contributed by atoms with Gasteiger partial charge in [-0.25, -0.2) is 5.01 Å². The van der Waals surface area contributed by atoms with E-state index in [2.05, 4.69) is 4.90 Å². The lowest BCUT2D eigenvalue weighted by atomic mass is 10.1. The quantitative estimate of drug-likeness (QED) is 0.515. The van der Waals surface area contributed by atoms with Gasteiger partial charge in [0.2, 0.25) is 0 Å². The summed E-state index contributed by atoms with van der Waals surface area (Å²) < 4.78 is 29.4. The molecule has 0 amide bonds. The highest BCUT2D eigenvalue weighted by atomic mass is 35.5. The van der Waals surface area contributed by atoms with E-state index < -0.39 is 10.0 Å². The van der Waals surface area contributed by atoms with Crippen LogP contribution in [0.25, 0.3) is 0 Å². The fourth-order valence-electron chi connectivity index (χ4n) is 4.04. The van der Waals surface area contributed by atoms with Crippen LogP contribution in [0.1, 0.15) is 5.56 Å². The smallest absolute Gasteiger partial charge is 0.278 e. The molecule has 6 nitrogen and oxygen atoms in total. The molecule has 1 fully saturated rings. The maximum absolute atomic E-state index is 14.0. The third kappa shape index (κ3) is 5.28. The molecule has 0 aromatic heterocycles. The zero-order chi connectivity index (χ0) is 23.4. The number of anilines is 2. The predicted octanol–water partition coefficient (Wildman–Crippen LogP) is 4.43. The Kier molecular flexibility index (Phi) is 7.46. The first-order valence-corrected chi connectivity index (χ1v) is 12.9. The van der Waals surface area contributed by atoms with Crippen molar-refractivity contribution in [2.75, 3.05) is 42.0 Å². The number of hydrazine groups is 1. The minimum absolute atomic E-state index is 0.223. The largest absolute Gasteiger partial charge is 0.369 e. The van der Waals surface area contributed by atoms with E-state index in [4.69, 9.17) is 28.9 Å². The van der Waals surface area contributed by atoms with Gasteiger partial charge in [-0.1, -0.05) is 41.4 Å².